The van der Waals surface area contributed by atoms with Gasteiger partial charge in [-0.3, -0.25) is 0 Å². The summed E-state index contributed by atoms with van der Waals surface area (Å²) in [5.74, 6) is 0. The van der Waals surface area contributed by atoms with Crippen LogP contribution in [0.25, 0.3) is 0 Å². The number of hydrogen-bond donors (Lipinski definition) is 2. The number of likely N-dealkylation sites (N-methyl/N-ethyl adjacent to an activating group) is 1. The SMILES string of the molecule is CCNCC1CCCCN1S(=O)(=O)NCC1(CC)CCC1. The van der Waals surface area contributed by atoms with Crippen LogP contribution in [0.5, 0.6) is 0 Å². The summed E-state index contributed by atoms with van der Waals surface area (Å²) >= 11 is 0. The van der Waals surface area contributed by atoms with E-state index in [0.717, 1.165) is 51.6 Å². The average molecular weight is 317 g/mol. The number of hydrogen-bond acceptors (Lipinski definition) is 3. The zero-order valence-corrected chi connectivity index (χ0v) is 14.3. The van der Waals surface area contributed by atoms with Crippen molar-refractivity contribution >= 4 is 10.2 Å². The second kappa shape index (κ2) is 7.40. The third kappa shape index (κ3) is 4.18. The van der Waals surface area contributed by atoms with Crippen molar-refractivity contribution in [2.75, 3.05) is 26.2 Å². The van der Waals surface area contributed by atoms with E-state index in [1.54, 1.807) is 4.31 Å². The van der Waals surface area contributed by atoms with E-state index in [1.807, 2.05) is 0 Å². The first kappa shape index (κ1) is 17.2. The van der Waals surface area contributed by atoms with Crippen LogP contribution in [0.15, 0.2) is 0 Å². The monoisotopic (exact) mass is 317 g/mol. The maximum Gasteiger partial charge on any atom is 0.279 e. The summed E-state index contributed by atoms with van der Waals surface area (Å²) in [4.78, 5) is 0. The van der Waals surface area contributed by atoms with Crippen molar-refractivity contribution in [2.24, 2.45) is 5.41 Å². The summed E-state index contributed by atoms with van der Waals surface area (Å²) in [7, 11) is -3.34. The van der Waals surface area contributed by atoms with Crippen LogP contribution in [0.1, 0.15) is 58.8 Å². The average Bonchev–Trinajstić information content (AvgIpc) is 2.44. The summed E-state index contributed by atoms with van der Waals surface area (Å²) in [5, 5.41) is 3.29. The Hall–Kier alpha value is -0.170. The third-order valence-corrected chi connectivity index (χ3v) is 6.91. The molecule has 0 aromatic heterocycles. The number of piperidine rings is 1. The molecule has 1 aliphatic carbocycles. The molecular formula is C15H31N3O2S. The Balaban J connectivity index is 1.95. The molecule has 0 spiro atoms. The van der Waals surface area contributed by atoms with Gasteiger partial charge in [0, 0.05) is 25.7 Å². The molecule has 0 amide bonds. The van der Waals surface area contributed by atoms with E-state index in [0.29, 0.717) is 13.1 Å². The number of rotatable bonds is 8. The van der Waals surface area contributed by atoms with Crippen LogP contribution in [0.2, 0.25) is 0 Å². The second-order valence-electron chi connectivity index (χ2n) is 6.60. The van der Waals surface area contributed by atoms with Crippen molar-refractivity contribution in [3.63, 3.8) is 0 Å². The number of nitrogens with one attached hydrogen (secondary N) is 2. The first-order chi connectivity index (χ1) is 10.0. The van der Waals surface area contributed by atoms with Crippen molar-refractivity contribution < 1.29 is 8.42 Å². The van der Waals surface area contributed by atoms with E-state index < -0.39 is 10.2 Å². The minimum Gasteiger partial charge on any atom is -0.315 e. The van der Waals surface area contributed by atoms with Gasteiger partial charge >= 0.3 is 0 Å². The van der Waals surface area contributed by atoms with Crippen LogP contribution in [0.4, 0.5) is 0 Å². The van der Waals surface area contributed by atoms with Gasteiger partial charge in [0.15, 0.2) is 0 Å². The lowest BCUT2D eigenvalue weighted by molar-refractivity contribution is 0.131. The summed E-state index contributed by atoms with van der Waals surface area (Å²) in [6.07, 6.45) is 7.69. The van der Waals surface area contributed by atoms with E-state index >= 15 is 0 Å². The molecule has 1 saturated carbocycles. The third-order valence-electron chi connectivity index (χ3n) is 5.31. The first-order valence-corrected chi connectivity index (χ1v) is 9.94. The summed E-state index contributed by atoms with van der Waals surface area (Å²) in [6.45, 7) is 7.14. The lowest BCUT2D eigenvalue weighted by atomic mass is 9.67. The van der Waals surface area contributed by atoms with Crippen LogP contribution in [-0.2, 0) is 10.2 Å². The van der Waals surface area contributed by atoms with E-state index in [1.165, 1.54) is 6.42 Å². The Labute approximate surface area is 130 Å². The molecule has 0 aromatic rings. The van der Waals surface area contributed by atoms with Crippen molar-refractivity contribution in [2.45, 2.75) is 64.8 Å². The number of nitrogens with zero attached hydrogens (tertiary/aromatic N) is 1. The lowest BCUT2D eigenvalue weighted by Gasteiger charge is -2.42. The van der Waals surface area contributed by atoms with Crippen LogP contribution < -0.4 is 10.0 Å². The summed E-state index contributed by atoms with van der Waals surface area (Å²) < 4.78 is 29.9. The molecule has 124 valence electrons. The maximum absolute atomic E-state index is 12.6. The highest BCUT2D eigenvalue weighted by atomic mass is 32.2. The van der Waals surface area contributed by atoms with E-state index in [-0.39, 0.29) is 11.5 Å². The van der Waals surface area contributed by atoms with Crippen molar-refractivity contribution in [3.05, 3.63) is 0 Å². The topological polar surface area (TPSA) is 61.4 Å². The van der Waals surface area contributed by atoms with Gasteiger partial charge < -0.3 is 5.32 Å². The minimum atomic E-state index is -3.34. The highest BCUT2D eigenvalue weighted by molar-refractivity contribution is 7.87. The van der Waals surface area contributed by atoms with Crippen molar-refractivity contribution in [1.82, 2.24) is 14.3 Å². The quantitative estimate of drug-likeness (QED) is 0.718. The fourth-order valence-electron chi connectivity index (χ4n) is 3.46. The van der Waals surface area contributed by atoms with Gasteiger partial charge in [-0.25, -0.2) is 4.72 Å². The van der Waals surface area contributed by atoms with Crippen LogP contribution >= 0.6 is 0 Å². The molecule has 1 unspecified atom stereocenters. The molecule has 1 atom stereocenters. The largest absolute Gasteiger partial charge is 0.315 e. The normalized spacial score (nSPS) is 26.5. The van der Waals surface area contributed by atoms with Gasteiger partial charge in [0.25, 0.3) is 10.2 Å². The molecule has 0 aromatic carbocycles. The second-order valence-corrected chi connectivity index (χ2v) is 8.31. The summed E-state index contributed by atoms with van der Waals surface area (Å²) in [5.41, 5.74) is 0.222. The van der Waals surface area contributed by atoms with E-state index in [4.69, 9.17) is 0 Å². The van der Waals surface area contributed by atoms with Gasteiger partial charge in [-0.15, -0.1) is 0 Å². The molecule has 1 heterocycles. The Morgan fingerprint density at radius 1 is 1.19 bits per heavy atom. The van der Waals surface area contributed by atoms with E-state index in [9.17, 15) is 8.42 Å². The molecule has 1 saturated heterocycles. The van der Waals surface area contributed by atoms with Crippen LogP contribution in [0, 0.1) is 5.41 Å². The molecule has 2 N–H and O–H groups in total. The van der Waals surface area contributed by atoms with Crippen molar-refractivity contribution in [3.8, 4) is 0 Å². The minimum absolute atomic E-state index is 0.107. The first-order valence-electron chi connectivity index (χ1n) is 8.50. The molecule has 5 nitrogen and oxygen atoms in total. The zero-order chi connectivity index (χ0) is 15.3. The molecule has 2 fully saturated rings. The molecule has 2 aliphatic rings. The highest BCUT2D eigenvalue weighted by Crippen LogP contribution is 2.43. The molecule has 2 rings (SSSR count). The van der Waals surface area contributed by atoms with Crippen LogP contribution in [0.3, 0.4) is 0 Å². The molecule has 0 bridgehead atoms. The Morgan fingerprint density at radius 3 is 2.52 bits per heavy atom. The van der Waals surface area contributed by atoms with Gasteiger partial charge in [0.2, 0.25) is 0 Å². The predicted molar refractivity (Wildman–Crippen MR) is 86.4 cm³/mol. The van der Waals surface area contributed by atoms with Gasteiger partial charge in [0.05, 0.1) is 0 Å². The molecule has 6 heteroatoms. The standard InChI is InChI=1S/C15H31N3O2S/c1-3-15(9-7-10-15)13-17-21(19,20)18-11-6-5-8-14(18)12-16-4-2/h14,16-17H,3-13H2,1-2H3. The van der Waals surface area contributed by atoms with Crippen LogP contribution in [-0.4, -0.2) is 44.9 Å². The molecular weight excluding hydrogens is 286 g/mol. The Kier molecular flexibility index (Phi) is 6.05. The van der Waals surface area contributed by atoms with Gasteiger partial charge in [-0.1, -0.05) is 26.7 Å². The lowest BCUT2D eigenvalue weighted by Crippen LogP contribution is -2.54. The van der Waals surface area contributed by atoms with Gasteiger partial charge in [0.1, 0.15) is 0 Å². The predicted octanol–water partition coefficient (Wildman–Crippen LogP) is 1.87. The van der Waals surface area contributed by atoms with E-state index in [2.05, 4.69) is 23.9 Å². The fraction of sp³-hybridized carbons (Fsp3) is 1.00. The molecule has 0 radical (unpaired) electrons. The zero-order valence-electron chi connectivity index (χ0n) is 13.5. The summed E-state index contributed by atoms with van der Waals surface area (Å²) in [6, 6.07) is 0.107. The Morgan fingerprint density at radius 2 is 1.95 bits per heavy atom. The Bertz CT molecular complexity index is 415. The molecule has 21 heavy (non-hydrogen) atoms. The molecule has 1 aliphatic heterocycles. The maximum atomic E-state index is 12.6. The smallest absolute Gasteiger partial charge is 0.279 e. The van der Waals surface area contributed by atoms with Crippen molar-refractivity contribution in [1.29, 1.82) is 0 Å². The fourth-order valence-corrected chi connectivity index (χ4v) is 5.06. The highest BCUT2D eigenvalue weighted by Gasteiger charge is 2.38. The van der Waals surface area contributed by atoms with Gasteiger partial charge in [-0.2, -0.15) is 12.7 Å². The van der Waals surface area contributed by atoms with Gasteiger partial charge in [-0.05, 0) is 44.1 Å².